The zero-order valence-electron chi connectivity index (χ0n) is 10.4. The van der Waals surface area contributed by atoms with Gasteiger partial charge in [0.15, 0.2) is 0 Å². The average Bonchev–Trinajstić information content (AvgIpc) is 2.35. The van der Waals surface area contributed by atoms with Crippen LogP contribution in [0.4, 0.5) is 0 Å². The fourth-order valence-electron chi connectivity index (χ4n) is 2.07. The lowest BCUT2D eigenvalue weighted by Crippen LogP contribution is -2.38. The summed E-state index contributed by atoms with van der Waals surface area (Å²) in [5.41, 5.74) is 0. The number of carbonyl (C=O) groups is 2. The van der Waals surface area contributed by atoms with E-state index in [1.54, 1.807) is 7.11 Å². The molecule has 0 spiro atoms. The number of ether oxygens (including phenoxy) is 1. The summed E-state index contributed by atoms with van der Waals surface area (Å²) in [5.74, 6) is -1.01. The van der Waals surface area contributed by atoms with Gasteiger partial charge in [0.2, 0.25) is 5.91 Å². The van der Waals surface area contributed by atoms with Crippen molar-refractivity contribution in [2.24, 2.45) is 11.8 Å². The molecule has 0 aromatic rings. The molecule has 0 heterocycles. The number of carboxylic acid groups (broad SMARTS) is 1. The lowest BCUT2D eigenvalue weighted by atomic mass is 9.81. The third-order valence-electron chi connectivity index (χ3n) is 3.41. The van der Waals surface area contributed by atoms with E-state index in [9.17, 15) is 9.59 Å². The molecule has 1 aliphatic rings. The molecule has 1 saturated carbocycles. The summed E-state index contributed by atoms with van der Waals surface area (Å²) in [5, 5.41) is 11.7. The molecule has 1 aliphatic carbocycles. The molecule has 0 bridgehead atoms. The van der Waals surface area contributed by atoms with Gasteiger partial charge in [-0.05, 0) is 32.6 Å². The lowest BCUT2D eigenvalue weighted by Gasteiger charge is -2.25. The van der Waals surface area contributed by atoms with Gasteiger partial charge in [0.05, 0.1) is 12.0 Å². The molecule has 0 saturated heterocycles. The molecule has 5 nitrogen and oxygen atoms in total. The molecule has 98 valence electrons. The van der Waals surface area contributed by atoms with Crippen LogP contribution in [0.2, 0.25) is 0 Å². The van der Waals surface area contributed by atoms with E-state index in [1.807, 2.05) is 6.92 Å². The highest BCUT2D eigenvalue weighted by Gasteiger charge is 2.29. The third-order valence-corrected chi connectivity index (χ3v) is 3.41. The smallest absolute Gasteiger partial charge is 0.306 e. The van der Waals surface area contributed by atoms with Gasteiger partial charge in [0.25, 0.3) is 0 Å². The maximum Gasteiger partial charge on any atom is 0.306 e. The number of carboxylic acids is 1. The second-order valence-electron chi connectivity index (χ2n) is 4.68. The van der Waals surface area contributed by atoms with Crippen LogP contribution in [0.25, 0.3) is 0 Å². The summed E-state index contributed by atoms with van der Waals surface area (Å²) in [6.45, 7) is 2.40. The Balaban J connectivity index is 2.28. The van der Waals surface area contributed by atoms with Crippen molar-refractivity contribution in [3.05, 3.63) is 0 Å². The topological polar surface area (TPSA) is 75.6 Å². The van der Waals surface area contributed by atoms with Crippen molar-refractivity contribution in [2.45, 2.75) is 38.7 Å². The first kappa shape index (κ1) is 14.0. The predicted molar refractivity (Wildman–Crippen MR) is 62.6 cm³/mol. The molecule has 1 amide bonds. The van der Waals surface area contributed by atoms with Crippen LogP contribution in [-0.4, -0.2) is 36.7 Å². The van der Waals surface area contributed by atoms with Crippen LogP contribution in [-0.2, 0) is 14.3 Å². The summed E-state index contributed by atoms with van der Waals surface area (Å²) in [4.78, 5) is 22.5. The van der Waals surface area contributed by atoms with Crippen LogP contribution in [0.1, 0.15) is 32.6 Å². The molecule has 0 aromatic carbocycles. The van der Waals surface area contributed by atoms with Crippen molar-refractivity contribution in [3.63, 3.8) is 0 Å². The summed E-state index contributed by atoms with van der Waals surface area (Å²) >= 11 is 0. The highest BCUT2D eigenvalue weighted by molar-refractivity contribution is 5.79. The van der Waals surface area contributed by atoms with E-state index < -0.39 is 5.97 Å². The number of hydrogen-bond acceptors (Lipinski definition) is 3. The first-order chi connectivity index (χ1) is 8.04. The minimum atomic E-state index is -0.739. The molecule has 0 aliphatic heterocycles. The molecule has 1 rings (SSSR count). The number of carbonyl (C=O) groups excluding carboxylic acids is 1. The fourth-order valence-corrected chi connectivity index (χ4v) is 2.07. The number of rotatable bonds is 5. The Morgan fingerprint density at radius 1 is 1.29 bits per heavy atom. The fraction of sp³-hybridized carbons (Fsp3) is 0.833. The molecular formula is C12H21NO4. The maximum absolute atomic E-state index is 11.8. The van der Waals surface area contributed by atoms with Gasteiger partial charge in [0, 0.05) is 19.6 Å². The van der Waals surface area contributed by atoms with E-state index >= 15 is 0 Å². The van der Waals surface area contributed by atoms with E-state index in [-0.39, 0.29) is 23.8 Å². The Morgan fingerprint density at radius 3 is 2.29 bits per heavy atom. The van der Waals surface area contributed by atoms with Gasteiger partial charge in [-0.15, -0.1) is 0 Å². The normalized spacial score (nSPS) is 26.2. The molecular weight excluding hydrogens is 222 g/mol. The Hall–Kier alpha value is -1.10. The highest BCUT2D eigenvalue weighted by Crippen LogP contribution is 2.28. The Morgan fingerprint density at radius 2 is 1.82 bits per heavy atom. The van der Waals surface area contributed by atoms with Crippen LogP contribution in [0.3, 0.4) is 0 Å². The number of methoxy groups -OCH3 is 1. The zero-order valence-corrected chi connectivity index (χ0v) is 10.4. The van der Waals surface area contributed by atoms with E-state index in [4.69, 9.17) is 9.84 Å². The molecule has 1 unspecified atom stereocenters. The van der Waals surface area contributed by atoms with Crippen molar-refractivity contribution in [1.82, 2.24) is 5.32 Å². The third kappa shape index (κ3) is 4.34. The van der Waals surface area contributed by atoms with Gasteiger partial charge in [-0.25, -0.2) is 0 Å². The standard InChI is InChI=1S/C12H21NO4/c1-8(17-2)7-13-11(14)9-3-5-10(6-4-9)12(15)16/h8-10H,3-7H2,1-2H3,(H,13,14)(H,15,16). The summed E-state index contributed by atoms with van der Waals surface area (Å²) < 4.78 is 5.04. The minimum absolute atomic E-state index is 0.00862. The number of amides is 1. The summed E-state index contributed by atoms with van der Waals surface area (Å²) in [6, 6.07) is 0. The summed E-state index contributed by atoms with van der Waals surface area (Å²) in [7, 11) is 1.61. The first-order valence-electron chi connectivity index (χ1n) is 6.08. The SMILES string of the molecule is COC(C)CNC(=O)C1CCC(C(=O)O)CC1. The van der Waals surface area contributed by atoms with Crippen molar-refractivity contribution < 1.29 is 19.4 Å². The predicted octanol–water partition coefficient (Wildman–Crippen LogP) is 1.03. The second kappa shape index (κ2) is 6.59. The van der Waals surface area contributed by atoms with Gasteiger partial charge >= 0.3 is 5.97 Å². The van der Waals surface area contributed by atoms with Crippen molar-refractivity contribution in [2.75, 3.05) is 13.7 Å². The van der Waals surface area contributed by atoms with Crippen LogP contribution in [0.5, 0.6) is 0 Å². The van der Waals surface area contributed by atoms with Crippen LogP contribution in [0, 0.1) is 11.8 Å². The largest absolute Gasteiger partial charge is 0.481 e. The van der Waals surface area contributed by atoms with E-state index in [0.717, 1.165) is 0 Å². The molecule has 0 radical (unpaired) electrons. The Bertz CT molecular complexity index is 272. The van der Waals surface area contributed by atoms with Gasteiger partial charge in [-0.2, -0.15) is 0 Å². The molecule has 0 aromatic heterocycles. The number of aliphatic carboxylic acids is 1. The highest BCUT2D eigenvalue weighted by atomic mass is 16.5. The molecule has 1 atom stereocenters. The van der Waals surface area contributed by atoms with Gasteiger partial charge in [-0.3, -0.25) is 9.59 Å². The average molecular weight is 243 g/mol. The maximum atomic E-state index is 11.8. The number of nitrogens with one attached hydrogen (secondary N) is 1. The minimum Gasteiger partial charge on any atom is -0.481 e. The summed E-state index contributed by atoms with van der Waals surface area (Å²) in [6.07, 6.45) is 2.56. The van der Waals surface area contributed by atoms with Crippen molar-refractivity contribution in [1.29, 1.82) is 0 Å². The quantitative estimate of drug-likeness (QED) is 0.756. The van der Waals surface area contributed by atoms with E-state index in [1.165, 1.54) is 0 Å². The van der Waals surface area contributed by atoms with Gasteiger partial charge < -0.3 is 15.2 Å². The zero-order chi connectivity index (χ0) is 12.8. The molecule has 17 heavy (non-hydrogen) atoms. The molecule has 1 fully saturated rings. The molecule has 5 heteroatoms. The van der Waals surface area contributed by atoms with Crippen molar-refractivity contribution >= 4 is 11.9 Å². The van der Waals surface area contributed by atoms with E-state index in [2.05, 4.69) is 5.32 Å². The second-order valence-corrected chi connectivity index (χ2v) is 4.68. The van der Waals surface area contributed by atoms with Crippen LogP contribution in [0.15, 0.2) is 0 Å². The molecule has 2 N–H and O–H groups in total. The van der Waals surface area contributed by atoms with Gasteiger partial charge in [0.1, 0.15) is 0 Å². The number of hydrogen-bond donors (Lipinski definition) is 2. The first-order valence-corrected chi connectivity index (χ1v) is 6.08. The van der Waals surface area contributed by atoms with Crippen LogP contribution < -0.4 is 5.32 Å². The lowest BCUT2D eigenvalue weighted by molar-refractivity contribution is -0.144. The van der Waals surface area contributed by atoms with Crippen molar-refractivity contribution in [3.8, 4) is 0 Å². The van der Waals surface area contributed by atoms with Gasteiger partial charge in [-0.1, -0.05) is 0 Å². The van der Waals surface area contributed by atoms with E-state index in [0.29, 0.717) is 32.2 Å². The Labute approximate surface area is 102 Å². The Kier molecular flexibility index (Phi) is 5.41. The monoisotopic (exact) mass is 243 g/mol. The van der Waals surface area contributed by atoms with Crippen LogP contribution >= 0.6 is 0 Å².